The van der Waals surface area contributed by atoms with Crippen LogP contribution in [0.4, 0.5) is 0 Å². The maximum atomic E-state index is 10.6. The van der Waals surface area contributed by atoms with Gasteiger partial charge in [-0.3, -0.25) is 4.68 Å². The summed E-state index contributed by atoms with van der Waals surface area (Å²) in [6.45, 7) is 8.05. The van der Waals surface area contributed by atoms with Crippen LogP contribution in [-0.2, 0) is 12.6 Å². The number of hydrogen-bond donors (Lipinski definition) is 2. The van der Waals surface area contributed by atoms with Gasteiger partial charge < -0.3 is 15.3 Å². The molecule has 4 unspecified atom stereocenters. The highest BCUT2D eigenvalue weighted by Gasteiger charge is 2.31. The van der Waals surface area contributed by atoms with Crippen molar-refractivity contribution in [2.75, 3.05) is 20.1 Å². The number of hydrogen-bond acceptors (Lipinski definition) is 4. The third kappa shape index (κ3) is 3.40. The van der Waals surface area contributed by atoms with Crippen LogP contribution in [0.15, 0.2) is 12.4 Å². The highest BCUT2D eigenvalue weighted by Crippen LogP contribution is 2.23. The molecule has 0 amide bonds. The van der Waals surface area contributed by atoms with E-state index in [9.17, 15) is 5.11 Å². The predicted molar refractivity (Wildman–Crippen MR) is 80.4 cm³/mol. The summed E-state index contributed by atoms with van der Waals surface area (Å²) in [4.78, 5) is 2.40. The molecule has 0 aromatic carbocycles. The van der Waals surface area contributed by atoms with E-state index in [0.717, 1.165) is 18.5 Å². The summed E-state index contributed by atoms with van der Waals surface area (Å²) in [5.41, 5.74) is -0.0123. The Hall–Kier alpha value is -0.910. The van der Waals surface area contributed by atoms with Gasteiger partial charge in [0.1, 0.15) is 5.60 Å². The second-order valence-corrected chi connectivity index (χ2v) is 6.67. The Labute approximate surface area is 122 Å². The molecule has 5 heteroatoms. The van der Waals surface area contributed by atoms with Crippen LogP contribution in [-0.4, -0.2) is 52.0 Å². The lowest BCUT2D eigenvalue weighted by molar-refractivity contribution is 0.0417. The highest BCUT2D eigenvalue weighted by atomic mass is 16.3. The Bertz CT molecular complexity index is 443. The van der Waals surface area contributed by atoms with Crippen LogP contribution < -0.4 is 5.32 Å². The first kappa shape index (κ1) is 15.5. The summed E-state index contributed by atoms with van der Waals surface area (Å²) < 4.78 is 1.73. The molecule has 2 N–H and O–H groups in total. The summed E-state index contributed by atoms with van der Waals surface area (Å²) >= 11 is 0. The monoisotopic (exact) mass is 280 g/mol. The summed E-state index contributed by atoms with van der Waals surface area (Å²) in [6.07, 6.45) is 4.74. The minimum atomic E-state index is -0.874. The van der Waals surface area contributed by atoms with Gasteiger partial charge in [-0.05, 0) is 33.2 Å². The van der Waals surface area contributed by atoms with Gasteiger partial charge in [0.25, 0.3) is 0 Å². The molecule has 1 aliphatic rings. The van der Waals surface area contributed by atoms with Crippen molar-refractivity contribution in [3.05, 3.63) is 18.0 Å². The lowest BCUT2D eigenvalue weighted by Gasteiger charge is -2.41. The number of aryl methyl sites for hydroxylation is 1. The molecule has 1 aliphatic heterocycles. The molecular weight excluding hydrogens is 252 g/mol. The maximum absolute atomic E-state index is 10.6. The molecule has 1 fully saturated rings. The molecule has 2 heterocycles. The molecule has 2 rings (SSSR count). The zero-order valence-corrected chi connectivity index (χ0v) is 13.3. The molecule has 1 saturated heterocycles. The average Bonchev–Trinajstić information content (AvgIpc) is 2.80. The number of aromatic nitrogens is 2. The maximum Gasteiger partial charge on any atom is 0.102 e. The fourth-order valence-corrected chi connectivity index (χ4v) is 2.96. The van der Waals surface area contributed by atoms with E-state index in [0.29, 0.717) is 24.5 Å². The van der Waals surface area contributed by atoms with Crippen molar-refractivity contribution in [1.82, 2.24) is 20.0 Å². The minimum Gasteiger partial charge on any atom is -0.384 e. The molecule has 0 radical (unpaired) electrons. The van der Waals surface area contributed by atoms with E-state index >= 15 is 0 Å². The Balaban J connectivity index is 1.94. The van der Waals surface area contributed by atoms with E-state index in [-0.39, 0.29) is 0 Å². The lowest BCUT2D eigenvalue weighted by Crippen LogP contribution is -2.53. The Morgan fingerprint density at radius 3 is 2.75 bits per heavy atom. The van der Waals surface area contributed by atoms with Crippen molar-refractivity contribution >= 4 is 0 Å². The van der Waals surface area contributed by atoms with Crippen LogP contribution in [0.2, 0.25) is 0 Å². The molecule has 4 atom stereocenters. The van der Waals surface area contributed by atoms with E-state index in [1.54, 1.807) is 10.9 Å². The number of nitrogens with one attached hydrogen (secondary N) is 1. The average molecular weight is 280 g/mol. The molecule has 0 bridgehead atoms. The standard InChI is InChI=1S/C15H28N4O/c1-11-8-18(4)12(2)6-14(11)16-10-15(3,20)13-7-17-19(5)9-13/h7,9,11-12,14,16,20H,6,8,10H2,1-5H3. The Morgan fingerprint density at radius 1 is 1.45 bits per heavy atom. The van der Waals surface area contributed by atoms with Crippen LogP contribution in [0.3, 0.4) is 0 Å². The summed E-state index contributed by atoms with van der Waals surface area (Å²) in [7, 11) is 4.05. The molecule has 5 nitrogen and oxygen atoms in total. The van der Waals surface area contributed by atoms with Gasteiger partial charge in [0.2, 0.25) is 0 Å². The van der Waals surface area contributed by atoms with Gasteiger partial charge >= 0.3 is 0 Å². The smallest absolute Gasteiger partial charge is 0.102 e. The van der Waals surface area contributed by atoms with E-state index in [4.69, 9.17) is 0 Å². The minimum absolute atomic E-state index is 0.462. The lowest BCUT2D eigenvalue weighted by atomic mass is 9.89. The van der Waals surface area contributed by atoms with Crippen molar-refractivity contribution in [2.24, 2.45) is 13.0 Å². The van der Waals surface area contributed by atoms with Crippen LogP contribution in [0.1, 0.15) is 32.8 Å². The number of likely N-dealkylation sites (tertiary alicyclic amines) is 1. The fraction of sp³-hybridized carbons (Fsp3) is 0.800. The SMILES string of the molecule is CC1CN(C)C(C)CC1NCC(C)(O)c1cnn(C)c1. The third-order valence-corrected chi connectivity index (χ3v) is 4.65. The highest BCUT2D eigenvalue weighted by molar-refractivity contribution is 5.14. The number of aliphatic hydroxyl groups is 1. The third-order valence-electron chi connectivity index (χ3n) is 4.65. The summed E-state index contributed by atoms with van der Waals surface area (Å²) in [5.74, 6) is 0.598. The van der Waals surface area contributed by atoms with Gasteiger partial charge in [0.15, 0.2) is 0 Å². The van der Waals surface area contributed by atoms with E-state index in [2.05, 4.69) is 36.2 Å². The first-order valence-electron chi connectivity index (χ1n) is 7.44. The molecule has 0 aliphatic carbocycles. The molecule has 1 aromatic rings. The second-order valence-electron chi connectivity index (χ2n) is 6.67. The summed E-state index contributed by atoms with van der Waals surface area (Å²) in [6, 6.07) is 1.05. The predicted octanol–water partition coefficient (Wildman–Crippen LogP) is 0.946. The molecule has 1 aromatic heterocycles. The van der Waals surface area contributed by atoms with Crippen molar-refractivity contribution in [3.8, 4) is 0 Å². The van der Waals surface area contributed by atoms with Gasteiger partial charge in [-0.25, -0.2) is 0 Å². The topological polar surface area (TPSA) is 53.3 Å². The van der Waals surface area contributed by atoms with E-state index < -0.39 is 5.60 Å². The van der Waals surface area contributed by atoms with Crippen molar-refractivity contribution in [2.45, 2.75) is 44.9 Å². The fourth-order valence-electron chi connectivity index (χ4n) is 2.96. The van der Waals surface area contributed by atoms with Crippen LogP contribution >= 0.6 is 0 Å². The molecule has 114 valence electrons. The second kappa shape index (κ2) is 5.84. The van der Waals surface area contributed by atoms with Gasteiger partial charge in [-0.1, -0.05) is 6.92 Å². The van der Waals surface area contributed by atoms with E-state index in [1.807, 2.05) is 20.2 Å². The van der Waals surface area contributed by atoms with Gasteiger partial charge in [-0.2, -0.15) is 5.10 Å². The molecular formula is C15H28N4O. The van der Waals surface area contributed by atoms with Gasteiger partial charge in [0.05, 0.1) is 6.20 Å². The molecule has 20 heavy (non-hydrogen) atoms. The number of piperidine rings is 1. The molecule has 0 saturated carbocycles. The van der Waals surface area contributed by atoms with Crippen LogP contribution in [0.5, 0.6) is 0 Å². The van der Waals surface area contributed by atoms with Crippen molar-refractivity contribution in [3.63, 3.8) is 0 Å². The van der Waals surface area contributed by atoms with E-state index in [1.165, 1.54) is 0 Å². The normalized spacial score (nSPS) is 31.2. The summed E-state index contributed by atoms with van der Waals surface area (Å²) in [5, 5.41) is 18.3. The number of nitrogens with zero attached hydrogens (tertiary/aromatic N) is 3. The Kier molecular flexibility index (Phi) is 4.52. The van der Waals surface area contributed by atoms with Gasteiger partial charge in [0, 0.05) is 44.0 Å². The number of rotatable bonds is 4. The van der Waals surface area contributed by atoms with Gasteiger partial charge in [-0.15, -0.1) is 0 Å². The zero-order chi connectivity index (χ0) is 14.9. The first-order chi connectivity index (χ1) is 9.29. The molecule has 0 spiro atoms. The largest absolute Gasteiger partial charge is 0.384 e. The first-order valence-corrected chi connectivity index (χ1v) is 7.44. The Morgan fingerprint density at radius 2 is 2.15 bits per heavy atom. The quantitative estimate of drug-likeness (QED) is 0.862. The van der Waals surface area contributed by atoms with Crippen LogP contribution in [0, 0.1) is 5.92 Å². The van der Waals surface area contributed by atoms with Crippen molar-refractivity contribution < 1.29 is 5.11 Å². The van der Waals surface area contributed by atoms with Crippen molar-refractivity contribution in [1.29, 1.82) is 0 Å². The van der Waals surface area contributed by atoms with Crippen LogP contribution in [0.25, 0.3) is 0 Å². The zero-order valence-electron chi connectivity index (χ0n) is 13.3.